The number of halogens is 1. The summed E-state index contributed by atoms with van der Waals surface area (Å²) in [5, 5.41) is 12.6. The van der Waals surface area contributed by atoms with Gasteiger partial charge in [-0.3, -0.25) is 14.6 Å². The molecule has 1 heterocycles. The second-order valence-electron chi connectivity index (χ2n) is 5.18. The van der Waals surface area contributed by atoms with Crippen LogP contribution in [0, 0.1) is 11.7 Å². The molecule has 5 nitrogen and oxygen atoms in total. The highest BCUT2D eigenvalue weighted by Crippen LogP contribution is 2.24. The van der Waals surface area contributed by atoms with Crippen LogP contribution in [0.2, 0.25) is 0 Å². The van der Waals surface area contributed by atoms with Crippen LogP contribution in [0.3, 0.4) is 0 Å². The summed E-state index contributed by atoms with van der Waals surface area (Å²) < 4.78 is 13.5. The molecule has 22 heavy (non-hydrogen) atoms. The summed E-state index contributed by atoms with van der Waals surface area (Å²) in [5.41, 5.74) is 0.273. The average molecular weight is 304 g/mol. The quantitative estimate of drug-likeness (QED) is 0.892. The van der Waals surface area contributed by atoms with Gasteiger partial charge < -0.3 is 10.4 Å². The fourth-order valence-corrected chi connectivity index (χ4v) is 2.36. The molecule has 2 rings (SSSR count). The highest BCUT2D eigenvalue weighted by molar-refractivity contribution is 6.13. The van der Waals surface area contributed by atoms with Crippen LogP contribution in [0.25, 0.3) is 0 Å². The van der Waals surface area contributed by atoms with E-state index < -0.39 is 23.7 Å². The summed E-state index contributed by atoms with van der Waals surface area (Å²) in [5.74, 6) is -2.39. The first kappa shape index (κ1) is 15.9. The topological polar surface area (TPSA) is 78.8 Å². The minimum atomic E-state index is -0.820. The van der Waals surface area contributed by atoms with Crippen LogP contribution in [-0.2, 0) is 16.1 Å². The number of carbonyl (C=O) groups is 2. The van der Waals surface area contributed by atoms with Crippen LogP contribution in [-0.4, -0.2) is 29.1 Å². The lowest BCUT2D eigenvalue weighted by Gasteiger charge is -2.23. The molecule has 6 heteroatoms. The van der Waals surface area contributed by atoms with E-state index in [9.17, 15) is 19.1 Å². The van der Waals surface area contributed by atoms with Crippen LogP contribution >= 0.6 is 0 Å². The Morgan fingerprint density at radius 3 is 2.68 bits per heavy atom. The zero-order chi connectivity index (χ0) is 16.3. The van der Waals surface area contributed by atoms with E-state index in [0.29, 0.717) is 5.56 Å². The molecule has 1 aromatic rings. The molecule has 1 amide bonds. The maximum Gasteiger partial charge on any atom is 0.256 e. The van der Waals surface area contributed by atoms with Crippen molar-refractivity contribution in [3.63, 3.8) is 0 Å². The van der Waals surface area contributed by atoms with E-state index in [1.807, 2.05) is 0 Å². The third-order valence-electron chi connectivity index (χ3n) is 3.57. The van der Waals surface area contributed by atoms with E-state index in [-0.39, 0.29) is 23.7 Å². The fourth-order valence-electron chi connectivity index (χ4n) is 2.36. The van der Waals surface area contributed by atoms with Crippen molar-refractivity contribution < 1.29 is 19.1 Å². The number of aliphatic imine (C=N–C) groups is 1. The number of Topliss-reactive ketones (excluding diaryl/α,β-unsaturated/α-hetero) is 1. The molecule has 1 aromatic carbocycles. The first-order valence-corrected chi connectivity index (χ1v) is 6.90. The molecule has 0 aromatic heterocycles. The molecular weight excluding hydrogens is 287 g/mol. The van der Waals surface area contributed by atoms with Gasteiger partial charge in [-0.1, -0.05) is 18.2 Å². The Morgan fingerprint density at radius 2 is 2.05 bits per heavy atom. The van der Waals surface area contributed by atoms with Gasteiger partial charge in [0.2, 0.25) is 0 Å². The normalized spacial score (nSPS) is 20.9. The second kappa shape index (κ2) is 6.51. The smallest absolute Gasteiger partial charge is 0.256 e. The number of nitrogens with zero attached hydrogens (tertiary/aromatic N) is 1. The summed E-state index contributed by atoms with van der Waals surface area (Å²) in [6.07, 6.45) is 1.25. The molecule has 0 saturated heterocycles. The lowest BCUT2D eigenvalue weighted by Crippen LogP contribution is -2.34. The number of hydrogen-bond acceptors (Lipinski definition) is 4. The maximum absolute atomic E-state index is 13.5. The number of ketones is 1. The molecule has 2 unspecified atom stereocenters. The Labute approximate surface area is 127 Å². The molecule has 1 aliphatic rings. The summed E-state index contributed by atoms with van der Waals surface area (Å²) in [7, 11) is 0. The molecule has 0 radical (unpaired) electrons. The number of amides is 1. The number of aliphatic hydroxyl groups excluding tert-OH is 1. The average Bonchev–Trinajstić information content (AvgIpc) is 2.46. The van der Waals surface area contributed by atoms with Crippen LogP contribution < -0.4 is 5.32 Å². The molecule has 0 fully saturated rings. The first-order valence-electron chi connectivity index (χ1n) is 6.90. The number of hydrogen-bond donors (Lipinski definition) is 2. The van der Waals surface area contributed by atoms with E-state index in [1.165, 1.54) is 19.2 Å². The molecule has 0 spiro atoms. The van der Waals surface area contributed by atoms with Crippen LogP contribution in [0.1, 0.15) is 19.4 Å². The minimum absolute atomic E-state index is 0.0174. The third kappa shape index (κ3) is 3.21. The van der Waals surface area contributed by atoms with Gasteiger partial charge in [0.25, 0.3) is 5.91 Å². The number of rotatable bonds is 4. The third-order valence-corrected chi connectivity index (χ3v) is 3.57. The zero-order valence-corrected chi connectivity index (χ0v) is 12.3. The van der Waals surface area contributed by atoms with Gasteiger partial charge >= 0.3 is 0 Å². The molecule has 1 aliphatic heterocycles. The van der Waals surface area contributed by atoms with Gasteiger partial charge in [-0.2, -0.15) is 0 Å². The Balaban J connectivity index is 2.14. The van der Waals surface area contributed by atoms with Gasteiger partial charge in [-0.15, -0.1) is 0 Å². The first-order chi connectivity index (χ1) is 10.4. The van der Waals surface area contributed by atoms with E-state index in [4.69, 9.17) is 0 Å². The second-order valence-corrected chi connectivity index (χ2v) is 5.18. The maximum atomic E-state index is 13.5. The Morgan fingerprint density at radius 1 is 1.36 bits per heavy atom. The van der Waals surface area contributed by atoms with Gasteiger partial charge in [-0.05, 0) is 19.9 Å². The van der Waals surface area contributed by atoms with Crippen molar-refractivity contribution in [1.82, 2.24) is 5.32 Å². The molecule has 0 saturated carbocycles. The van der Waals surface area contributed by atoms with E-state index in [2.05, 4.69) is 10.3 Å². The van der Waals surface area contributed by atoms with Crippen LogP contribution in [0.15, 0.2) is 40.6 Å². The van der Waals surface area contributed by atoms with E-state index in [1.54, 1.807) is 25.1 Å². The molecule has 2 atom stereocenters. The van der Waals surface area contributed by atoms with E-state index >= 15 is 0 Å². The number of benzene rings is 1. The Hall–Kier alpha value is -2.50. The van der Waals surface area contributed by atoms with Crippen molar-refractivity contribution in [2.75, 3.05) is 0 Å². The summed E-state index contributed by atoms with van der Waals surface area (Å²) >= 11 is 0. The van der Waals surface area contributed by atoms with E-state index in [0.717, 1.165) is 0 Å². The Bertz CT molecular complexity index is 667. The van der Waals surface area contributed by atoms with Gasteiger partial charge in [0.15, 0.2) is 0 Å². The standard InChI is InChI=1S/C16H17FN2O3/c1-9-14(10(2)20)15(21)12(8-18-9)16(22)19-7-11-5-3-4-6-13(11)17/h3-6,8-9,14,21H,7H2,1-2H3,(H,19,22). The highest BCUT2D eigenvalue weighted by atomic mass is 19.1. The number of dihydropyridines is 1. The van der Waals surface area contributed by atoms with Crippen molar-refractivity contribution >= 4 is 17.9 Å². The number of nitrogens with one attached hydrogen (secondary N) is 1. The monoisotopic (exact) mass is 304 g/mol. The summed E-state index contributed by atoms with van der Waals surface area (Å²) in [6, 6.07) is 5.66. The van der Waals surface area contributed by atoms with Crippen molar-refractivity contribution in [2.45, 2.75) is 26.4 Å². The van der Waals surface area contributed by atoms with Gasteiger partial charge in [0.1, 0.15) is 17.4 Å². The number of aliphatic hydroxyl groups is 1. The van der Waals surface area contributed by atoms with Crippen molar-refractivity contribution in [1.29, 1.82) is 0 Å². The van der Waals surface area contributed by atoms with Gasteiger partial charge in [-0.25, -0.2) is 4.39 Å². The molecular formula is C16H17FN2O3. The van der Waals surface area contributed by atoms with Gasteiger partial charge in [0.05, 0.1) is 17.5 Å². The fraction of sp³-hybridized carbons (Fsp3) is 0.312. The number of carbonyl (C=O) groups excluding carboxylic acids is 2. The highest BCUT2D eigenvalue weighted by Gasteiger charge is 2.32. The van der Waals surface area contributed by atoms with Crippen molar-refractivity contribution in [2.24, 2.45) is 10.9 Å². The van der Waals surface area contributed by atoms with Crippen molar-refractivity contribution in [3.8, 4) is 0 Å². The predicted molar refractivity (Wildman–Crippen MR) is 80.0 cm³/mol. The summed E-state index contributed by atoms with van der Waals surface area (Å²) in [6.45, 7) is 3.01. The largest absolute Gasteiger partial charge is 0.511 e. The lowest BCUT2D eigenvalue weighted by molar-refractivity contribution is -0.121. The van der Waals surface area contributed by atoms with Crippen LogP contribution in [0.4, 0.5) is 4.39 Å². The molecule has 0 aliphatic carbocycles. The van der Waals surface area contributed by atoms with Crippen molar-refractivity contribution in [3.05, 3.63) is 47.0 Å². The van der Waals surface area contributed by atoms with Crippen LogP contribution in [0.5, 0.6) is 0 Å². The summed E-state index contributed by atoms with van der Waals surface area (Å²) in [4.78, 5) is 27.7. The lowest BCUT2D eigenvalue weighted by atomic mass is 9.90. The van der Waals surface area contributed by atoms with Gasteiger partial charge in [0, 0.05) is 18.3 Å². The predicted octanol–water partition coefficient (Wildman–Crippen LogP) is 1.93. The minimum Gasteiger partial charge on any atom is -0.511 e. The molecule has 116 valence electrons. The molecule has 0 bridgehead atoms. The zero-order valence-electron chi connectivity index (χ0n) is 12.3. The SMILES string of the molecule is CC(=O)C1C(O)=C(C(=O)NCc2ccccc2F)C=NC1C. The Kier molecular flexibility index (Phi) is 4.70. The molecule has 2 N–H and O–H groups in total.